The Hall–Kier alpha value is -4.45. The van der Waals surface area contributed by atoms with E-state index in [4.69, 9.17) is 24.0 Å². The molecule has 0 bridgehead atoms. The summed E-state index contributed by atoms with van der Waals surface area (Å²) < 4.78 is 24.1. The minimum atomic E-state index is -0.452. The van der Waals surface area contributed by atoms with Crippen molar-refractivity contribution in [2.24, 2.45) is 5.10 Å². The number of rotatable bonds is 7. The predicted octanol–water partition coefficient (Wildman–Crippen LogP) is 6.53. The van der Waals surface area contributed by atoms with Crippen molar-refractivity contribution in [1.82, 2.24) is 5.01 Å². The molecular formula is C31H28N2O4. The third kappa shape index (κ3) is 4.35. The molecule has 4 aromatic carbocycles. The van der Waals surface area contributed by atoms with Crippen LogP contribution in [0.2, 0.25) is 0 Å². The number of hydrogen-bond donors (Lipinski definition) is 0. The van der Waals surface area contributed by atoms with Crippen LogP contribution in [0.4, 0.5) is 0 Å². The van der Waals surface area contributed by atoms with Crippen molar-refractivity contribution in [3.63, 3.8) is 0 Å². The van der Waals surface area contributed by atoms with Gasteiger partial charge in [0.25, 0.3) is 0 Å². The van der Waals surface area contributed by atoms with Gasteiger partial charge in [-0.25, -0.2) is 5.01 Å². The summed E-state index contributed by atoms with van der Waals surface area (Å²) in [6.45, 7) is 0.458. The minimum Gasteiger partial charge on any atom is -0.493 e. The Morgan fingerprint density at radius 2 is 1.57 bits per heavy atom. The first-order chi connectivity index (χ1) is 18.2. The van der Waals surface area contributed by atoms with Gasteiger partial charge in [0.1, 0.15) is 6.61 Å². The molecule has 0 N–H and O–H groups in total. The van der Waals surface area contributed by atoms with E-state index in [-0.39, 0.29) is 6.04 Å². The molecule has 2 aliphatic rings. The summed E-state index contributed by atoms with van der Waals surface area (Å²) in [5, 5.41) is 7.12. The van der Waals surface area contributed by atoms with Crippen molar-refractivity contribution in [1.29, 1.82) is 0 Å². The number of nitrogens with zero attached hydrogens (tertiary/aromatic N) is 2. The zero-order chi connectivity index (χ0) is 25.2. The molecule has 4 aromatic rings. The highest BCUT2D eigenvalue weighted by Gasteiger charge is 2.42. The van der Waals surface area contributed by atoms with Crippen LogP contribution in [0.5, 0.6) is 23.0 Å². The van der Waals surface area contributed by atoms with Crippen molar-refractivity contribution in [2.45, 2.75) is 25.3 Å². The van der Waals surface area contributed by atoms with Crippen LogP contribution < -0.4 is 18.9 Å². The molecule has 0 amide bonds. The van der Waals surface area contributed by atoms with Crippen LogP contribution in [0.3, 0.4) is 0 Å². The zero-order valence-corrected chi connectivity index (χ0v) is 20.8. The smallest absolute Gasteiger partial charge is 0.214 e. The Labute approximate surface area is 216 Å². The number of hydrazone groups is 1. The molecule has 0 aliphatic carbocycles. The second-order valence-electron chi connectivity index (χ2n) is 9.05. The summed E-state index contributed by atoms with van der Waals surface area (Å²) in [6, 6.07) is 32.3. The molecule has 0 saturated carbocycles. The third-order valence-corrected chi connectivity index (χ3v) is 6.82. The number of ether oxygens (including phenoxy) is 4. The molecule has 0 unspecified atom stereocenters. The van der Waals surface area contributed by atoms with E-state index in [2.05, 4.69) is 23.2 Å². The van der Waals surface area contributed by atoms with E-state index < -0.39 is 6.23 Å². The molecule has 0 saturated heterocycles. The minimum absolute atomic E-state index is 0.0269. The summed E-state index contributed by atoms with van der Waals surface area (Å²) >= 11 is 0. The lowest BCUT2D eigenvalue weighted by Crippen LogP contribution is -2.33. The Kier molecular flexibility index (Phi) is 6.15. The first kappa shape index (κ1) is 23.0. The highest BCUT2D eigenvalue weighted by Crippen LogP contribution is 2.51. The van der Waals surface area contributed by atoms with Gasteiger partial charge in [0, 0.05) is 17.5 Å². The maximum atomic E-state index is 6.60. The van der Waals surface area contributed by atoms with Gasteiger partial charge in [-0.15, -0.1) is 0 Å². The van der Waals surface area contributed by atoms with E-state index in [1.807, 2.05) is 78.9 Å². The fourth-order valence-corrected chi connectivity index (χ4v) is 4.96. The van der Waals surface area contributed by atoms with Gasteiger partial charge in [0.15, 0.2) is 23.0 Å². The number of hydrogen-bond acceptors (Lipinski definition) is 6. The van der Waals surface area contributed by atoms with Gasteiger partial charge in [0.2, 0.25) is 6.23 Å². The van der Waals surface area contributed by atoms with Gasteiger partial charge < -0.3 is 18.9 Å². The summed E-state index contributed by atoms with van der Waals surface area (Å²) in [4.78, 5) is 0. The Bertz CT molecular complexity index is 1420. The topological polar surface area (TPSA) is 52.5 Å². The van der Waals surface area contributed by atoms with Crippen molar-refractivity contribution in [3.05, 3.63) is 119 Å². The standard InChI is InChI=1S/C31H28N2O4/c1-34-28-15-9-14-24-26-19-25(22-12-7-4-8-13-22)32-33(26)31(37-30(24)28)23-16-17-27(29(18-23)35-2)36-20-21-10-5-3-6-11-21/h3-18,26,31H,19-20H2,1-2H3/t26-,31+/m0/s1. The van der Waals surface area contributed by atoms with E-state index >= 15 is 0 Å². The fraction of sp³-hybridized carbons (Fsp3) is 0.194. The second-order valence-corrected chi connectivity index (χ2v) is 9.05. The van der Waals surface area contributed by atoms with E-state index in [9.17, 15) is 0 Å². The Morgan fingerprint density at radius 3 is 2.32 bits per heavy atom. The summed E-state index contributed by atoms with van der Waals surface area (Å²) in [5.41, 5.74) is 5.23. The normalized spacial score (nSPS) is 17.8. The number of methoxy groups -OCH3 is 2. The summed E-state index contributed by atoms with van der Waals surface area (Å²) in [5.74, 6) is 2.79. The molecule has 2 heterocycles. The lowest BCUT2D eigenvalue weighted by molar-refractivity contribution is -0.0210. The zero-order valence-electron chi connectivity index (χ0n) is 20.8. The van der Waals surface area contributed by atoms with Gasteiger partial charge in [0.05, 0.1) is 26.0 Å². The van der Waals surface area contributed by atoms with Crippen LogP contribution in [-0.2, 0) is 6.61 Å². The van der Waals surface area contributed by atoms with Crippen LogP contribution in [0.15, 0.2) is 102 Å². The first-order valence-corrected chi connectivity index (χ1v) is 12.3. The molecule has 2 atom stereocenters. The van der Waals surface area contributed by atoms with Crippen molar-refractivity contribution in [2.75, 3.05) is 14.2 Å². The number of para-hydroxylation sites is 1. The lowest BCUT2D eigenvalue weighted by Gasteiger charge is -2.38. The molecule has 2 aliphatic heterocycles. The average molecular weight is 493 g/mol. The lowest BCUT2D eigenvalue weighted by atomic mass is 9.95. The van der Waals surface area contributed by atoms with E-state index in [0.29, 0.717) is 23.9 Å². The maximum absolute atomic E-state index is 6.60. The summed E-state index contributed by atoms with van der Waals surface area (Å²) in [6.07, 6.45) is 0.325. The predicted molar refractivity (Wildman–Crippen MR) is 142 cm³/mol. The molecule has 6 rings (SSSR count). The molecule has 0 spiro atoms. The van der Waals surface area contributed by atoms with Crippen LogP contribution in [0.25, 0.3) is 0 Å². The quantitative estimate of drug-likeness (QED) is 0.294. The van der Waals surface area contributed by atoms with Crippen LogP contribution in [0.1, 0.15) is 40.9 Å². The fourth-order valence-electron chi connectivity index (χ4n) is 4.96. The molecule has 0 fully saturated rings. The number of benzene rings is 4. The Morgan fingerprint density at radius 1 is 0.811 bits per heavy atom. The highest BCUT2D eigenvalue weighted by molar-refractivity contribution is 6.01. The van der Waals surface area contributed by atoms with E-state index in [1.54, 1.807) is 14.2 Å². The molecular weight excluding hydrogens is 464 g/mol. The first-order valence-electron chi connectivity index (χ1n) is 12.3. The van der Waals surface area contributed by atoms with E-state index in [0.717, 1.165) is 40.1 Å². The van der Waals surface area contributed by atoms with Crippen LogP contribution in [0, 0.1) is 0 Å². The van der Waals surface area contributed by atoms with Crippen LogP contribution in [-0.4, -0.2) is 24.9 Å². The average Bonchev–Trinajstić information content (AvgIpc) is 3.42. The second kappa shape index (κ2) is 9.90. The Balaban J connectivity index is 1.36. The van der Waals surface area contributed by atoms with Gasteiger partial charge in [-0.2, -0.15) is 5.10 Å². The van der Waals surface area contributed by atoms with E-state index in [1.165, 1.54) is 0 Å². The van der Waals surface area contributed by atoms with Gasteiger partial charge in [-0.05, 0) is 35.4 Å². The third-order valence-electron chi connectivity index (χ3n) is 6.82. The molecule has 0 radical (unpaired) electrons. The van der Waals surface area contributed by atoms with Gasteiger partial charge in [-0.3, -0.25) is 0 Å². The highest BCUT2D eigenvalue weighted by atomic mass is 16.5. The monoisotopic (exact) mass is 492 g/mol. The van der Waals surface area contributed by atoms with Crippen molar-refractivity contribution < 1.29 is 18.9 Å². The molecule has 0 aromatic heterocycles. The SMILES string of the molecule is COc1cc([C@H]2Oc3c(OC)cccc3[C@@H]3CC(c4ccccc4)=NN23)ccc1OCc1ccccc1. The van der Waals surface area contributed by atoms with Crippen molar-refractivity contribution in [3.8, 4) is 23.0 Å². The molecule has 186 valence electrons. The van der Waals surface area contributed by atoms with Crippen LogP contribution >= 0.6 is 0 Å². The maximum Gasteiger partial charge on any atom is 0.214 e. The molecule has 6 heteroatoms. The van der Waals surface area contributed by atoms with Gasteiger partial charge in [-0.1, -0.05) is 72.8 Å². The van der Waals surface area contributed by atoms with Crippen molar-refractivity contribution >= 4 is 5.71 Å². The molecule has 37 heavy (non-hydrogen) atoms. The largest absolute Gasteiger partial charge is 0.493 e. The van der Waals surface area contributed by atoms with Gasteiger partial charge >= 0.3 is 0 Å². The summed E-state index contributed by atoms with van der Waals surface area (Å²) in [7, 11) is 3.32. The molecule has 6 nitrogen and oxygen atoms in total. The number of fused-ring (bicyclic) bond motifs is 3.